The lowest BCUT2D eigenvalue weighted by Gasteiger charge is -2.22. The summed E-state index contributed by atoms with van der Waals surface area (Å²) in [5.74, 6) is -0.379. The number of amides is 2. The fourth-order valence-corrected chi connectivity index (χ4v) is 3.42. The molecule has 0 saturated heterocycles. The summed E-state index contributed by atoms with van der Waals surface area (Å²) >= 11 is 0. The van der Waals surface area contributed by atoms with E-state index in [2.05, 4.69) is 46.3 Å². The molecule has 35 heavy (non-hydrogen) atoms. The van der Waals surface area contributed by atoms with Crippen molar-refractivity contribution in [1.82, 2.24) is 20.0 Å². The molecule has 10 heteroatoms. The summed E-state index contributed by atoms with van der Waals surface area (Å²) < 4.78 is 1.87. The fourth-order valence-electron chi connectivity index (χ4n) is 3.42. The number of amidine groups is 1. The molecule has 0 spiro atoms. The number of carbonyl (C=O) groups excluding carboxylic acids is 2. The first-order valence-corrected chi connectivity index (χ1v) is 11.3. The van der Waals surface area contributed by atoms with E-state index >= 15 is 0 Å². The molecular formula is C25H33N7O3. The van der Waals surface area contributed by atoms with Crippen LogP contribution in [0.3, 0.4) is 0 Å². The molecule has 1 aromatic heterocycles. The van der Waals surface area contributed by atoms with Gasteiger partial charge in [-0.25, -0.2) is 4.99 Å². The average Bonchev–Trinajstić information content (AvgIpc) is 3.15. The third-order valence-corrected chi connectivity index (χ3v) is 5.08. The van der Waals surface area contributed by atoms with Gasteiger partial charge in [-0.05, 0) is 37.1 Å². The van der Waals surface area contributed by atoms with E-state index in [-0.39, 0.29) is 5.91 Å². The van der Waals surface area contributed by atoms with Crippen LogP contribution >= 0.6 is 0 Å². The fraction of sp³-hybridized carbons (Fsp3) is 0.320. The highest BCUT2D eigenvalue weighted by Gasteiger charge is 2.13. The number of oxime groups is 1. The molecule has 186 valence electrons. The Kier molecular flexibility index (Phi) is 10.9. The number of nitrogens with two attached hydrogens (primary N) is 1. The molecule has 0 aliphatic rings. The van der Waals surface area contributed by atoms with Crippen molar-refractivity contribution in [2.24, 2.45) is 22.9 Å². The van der Waals surface area contributed by atoms with Crippen LogP contribution in [-0.4, -0.2) is 59.4 Å². The molecule has 3 N–H and O–H groups in total. The van der Waals surface area contributed by atoms with Gasteiger partial charge in [0.15, 0.2) is 0 Å². The second kappa shape index (κ2) is 14.1. The Morgan fingerprint density at radius 3 is 2.60 bits per heavy atom. The van der Waals surface area contributed by atoms with E-state index in [0.717, 1.165) is 35.1 Å². The number of aryl methyl sites for hydroxylation is 2. The second-order valence-corrected chi connectivity index (χ2v) is 7.67. The van der Waals surface area contributed by atoms with Crippen molar-refractivity contribution < 1.29 is 14.4 Å². The summed E-state index contributed by atoms with van der Waals surface area (Å²) in [6, 6.07) is 15.3. The second-order valence-electron chi connectivity index (χ2n) is 7.67. The number of nitrogens with zero attached hydrogens (tertiary/aromatic N) is 5. The molecule has 2 amide bonds. The van der Waals surface area contributed by atoms with Gasteiger partial charge in [0.1, 0.15) is 0 Å². The number of benzene rings is 2. The standard InChI is InChI=1S/C18H26N6O2.C7H7NO/c1-5-9-24(10-8-20-13-25)18(26-19-3)21-12-15-6-7-16-14(2)22-23(4)17(16)11-15;8-7(9)6-4-2-1-3-5-6/h6-7,11,13H,3,5,8-10,12H2,1-2,4H3,(H,20,25);1-5H,(H2,8,9). The lowest BCUT2D eigenvalue weighted by Crippen LogP contribution is -2.38. The molecule has 0 atom stereocenters. The minimum absolute atomic E-state index is 0.379. The maximum Gasteiger partial charge on any atom is 0.317 e. The van der Waals surface area contributed by atoms with Gasteiger partial charge in [0.25, 0.3) is 0 Å². The first-order valence-electron chi connectivity index (χ1n) is 11.3. The van der Waals surface area contributed by atoms with Gasteiger partial charge >= 0.3 is 6.02 Å². The van der Waals surface area contributed by atoms with Crippen molar-refractivity contribution in [1.29, 1.82) is 0 Å². The van der Waals surface area contributed by atoms with Crippen LogP contribution in [0.5, 0.6) is 0 Å². The number of fused-ring (bicyclic) bond motifs is 1. The first kappa shape index (κ1) is 27.0. The van der Waals surface area contributed by atoms with E-state index < -0.39 is 0 Å². The Morgan fingerprint density at radius 1 is 1.26 bits per heavy atom. The summed E-state index contributed by atoms with van der Waals surface area (Å²) in [6.45, 7) is 9.73. The zero-order chi connectivity index (χ0) is 25.6. The Morgan fingerprint density at radius 2 is 2.00 bits per heavy atom. The third kappa shape index (κ3) is 8.26. The van der Waals surface area contributed by atoms with Crippen LogP contribution in [0.2, 0.25) is 0 Å². The van der Waals surface area contributed by atoms with Gasteiger partial charge in [-0.2, -0.15) is 5.10 Å². The predicted octanol–water partition coefficient (Wildman–Crippen LogP) is 2.61. The molecule has 0 saturated carbocycles. The summed E-state index contributed by atoms with van der Waals surface area (Å²) in [4.78, 5) is 32.7. The van der Waals surface area contributed by atoms with Crippen LogP contribution in [0.1, 0.15) is 35.0 Å². The van der Waals surface area contributed by atoms with Crippen molar-refractivity contribution in [3.63, 3.8) is 0 Å². The quantitative estimate of drug-likeness (QED) is 0.152. The van der Waals surface area contributed by atoms with E-state index in [1.165, 1.54) is 0 Å². The summed E-state index contributed by atoms with van der Waals surface area (Å²) in [5, 5.41) is 11.7. The Bertz CT molecular complexity index is 1140. The van der Waals surface area contributed by atoms with Crippen molar-refractivity contribution in [2.45, 2.75) is 26.8 Å². The van der Waals surface area contributed by atoms with E-state index in [4.69, 9.17) is 10.6 Å². The summed E-state index contributed by atoms with van der Waals surface area (Å²) in [7, 11) is 1.93. The van der Waals surface area contributed by atoms with Crippen LogP contribution in [-0.2, 0) is 23.2 Å². The highest BCUT2D eigenvalue weighted by Crippen LogP contribution is 2.19. The van der Waals surface area contributed by atoms with Crippen molar-refractivity contribution >= 4 is 36.0 Å². The molecular weight excluding hydrogens is 446 g/mol. The number of primary amides is 1. The topological polar surface area (TPSA) is 127 Å². The van der Waals surface area contributed by atoms with Gasteiger partial charge < -0.3 is 20.8 Å². The molecule has 10 nitrogen and oxygen atoms in total. The summed E-state index contributed by atoms with van der Waals surface area (Å²) in [5.41, 5.74) is 8.66. The normalized spacial score (nSPS) is 10.8. The van der Waals surface area contributed by atoms with Crippen LogP contribution < -0.4 is 11.1 Å². The van der Waals surface area contributed by atoms with Gasteiger partial charge in [0, 0.05) is 44.3 Å². The van der Waals surface area contributed by atoms with Crippen molar-refractivity contribution in [3.05, 3.63) is 65.4 Å². The van der Waals surface area contributed by atoms with Gasteiger partial charge in [-0.3, -0.25) is 14.3 Å². The third-order valence-electron chi connectivity index (χ3n) is 5.08. The SMILES string of the molecule is C=NOC(=NCc1ccc2c(C)nn(C)c2c1)N(CCC)CCNC=O.NC(=O)c1ccccc1. The predicted molar refractivity (Wildman–Crippen MR) is 138 cm³/mol. The lowest BCUT2D eigenvalue weighted by atomic mass is 10.1. The molecule has 2 aromatic carbocycles. The first-order chi connectivity index (χ1) is 16.9. The van der Waals surface area contributed by atoms with Gasteiger partial charge in [0.05, 0.1) is 17.8 Å². The van der Waals surface area contributed by atoms with Gasteiger partial charge in [-0.15, -0.1) is 0 Å². The molecule has 0 fully saturated rings. The summed E-state index contributed by atoms with van der Waals surface area (Å²) in [6.07, 6.45) is 1.60. The molecule has 1 heterocycles. The number of nitrogens with one attached hydrogen (secondary N) is 1. The van der Waals surface area contributed by atoms with E-state index in [1.807, 2.05) is 35.7 Å². The number of hydrogen-bond donors (Lipinski definition) is 2. The molecule has 3 aromatic rings. The van der Waals surface area contributed by atoms with E-state index in [9.17, 15) is 9.59 Å². The maximum atomic E-state index is 10.5. The molecule has 3 rings (SSSR count). The Labute approximate surface area is 205 Å². The number of aromatic nitrogens is 2. The molecule has 0 radical (unpaired) electrons. The zero-order valence-electron chi connectivity index (χ0n) is 20.5. The smallest absolute Gasteiger partial charge is 0.317 e. The molecule has 0 aliphatic heterocycles. The largest absolute Gasteiger partial charge is 0.366 e. The van der Waals surface area contributed by atoms with Gasteiger partial charge in [0.2, 0.25) is 12.3 Å². The van der Waals surface area contributed by atoms with Crippen molar-refractivity contribution in [2.75, 3.05) is 19.6 Å². The average molecular weight is 480 g/mol. The lowest BCUT2D eigenvalue weighted by molar-refractivity contribution is -0.109. The van der Waals surface area contributed by atoms with Gasteiger partial charge in [-0.1, -0.05) is 42.4 Å². The van der Waals surface area contributed by atoms with Crippen LogP contribution in [0.4, 0.5) is 0 Å². The number of hydrogen-bond acceptors (Lipinski definition) is 6. The van der Waals surface area contributed by atoms with E-state index in [1.54, 1.807) is 24.3 Å². The highest BCUT2D eigenvalue weighted by molar-refractivity contribution is 5.92. The van der Waals surface area contributed by atoms with Crippen LogP contribution in [0.25, 0.3) is 10.9 Å². The number of carbonyl (C=O) groups is 2. The Hall–Kier alpha value is -4.21. The van der Waals surface area contributed by atoms with Crippen LogP contribution in [0, 0.1) is 6.92 Å². The van der Waals surface area contributed by atoms with Crippen molar-refractivity contribution in [3.8, 4) is 0 Å². The highest BCUT2D eigenvalue weighted by atomic mass is 16.6. The molecule has 0 aliphatic carbocycles. The maximum absolute atomic E-state index is 10.5. The number of aliphatic imine (C=N–C) groups is 1. The monoisotopic (exact) mass is 479 g/mol. The number of rotatable bonds is 10. The molecule has 0 bridgehead atoms. The van der Waals surface area contributed by atoms with E-state index in [0.29, 0.717) is 37.6 Å². The minimum atomic E-state index is -0.379. The van der Waals surface area contributed by atoms with Crippen LogP contribution in [0.15, 0.2) is 58.7 Å². The minimum Gasteiger partial charge on any atom is -0.366 e. The Balaban J connectivity index is 0.000000402. The molecule has 0 unspecified atom stereocenters. The zero-order valence-corrected chi connectivity index (χ0v) is 20.5.